The number of amidine groups is 1. The Morgan fingerprint density at radius 2 is 1.91 bits per heavy atom. The summed E-state index contributed by atoms with van der Waals surface area (Å²) in [5.74, 6) is 2.58. The quantitative estimate of drug-likeness (QED) is 0.716. The van der Waals surface area contributed by atoms with Crippen molar-refractivity contribution in [3.05, 3.63) is 59.5 Å². The molecule has 1 fully saturated rings. The molecular weight excluding hydrogens is 430 g/mol. The van der Waals surface area contributed by atoms with Gasteiger partial charge in [0, 0.05) is 42.1 Å². The Balaban J connectivity index is 1.13. The third-order valence-corrected chi connectivity index (χ3v) is 7.77. The average molecular weight is 462 g/mol. The van der Waals surface area contributed by atoms with Crippen LogP contribution in [0.3, 0.4) is 0 Å². The standard InChI is InChI=1S/C26H31N5OS/c1-31(2)24-20-8-3-5-9-22(20)29-26(30-24)28-18-13-11-17(12-14-18)15-27-25(32)21-16-33-23-10-6-4-7-19(21)23/h3-10,16-18,20,22H,11-15H2,1-2H3,(H,27,32)(H,28,29)/t17-,18+,20?,22?. The van der Waals surface area contributed by atoms with Gasteiger partial charge in [0.05, 0.1) is 17.5 Å². The number of guanidine groups is 1. The predicted molar refractivity (Wildman–Crippen MR) is 137 cm³/mol. The number of fused-ring (bicyclic) bond motifs is 2. The monoisotopic (exact) mass is 461 g/mol. The summed E-state index contributed by atoms with van der Waals surface area (Å²) in [4.78, 5) is 24.5. The van der Waals surface area contributed by atoms with Crippen LogP contribution in [0.5, 0.6) is 0 Å². The van der Waals surface area contributed by atoms with E-state index in [0.29, 0.717) is 12.0 Å². The molecular formula is C26H31N5OS. The Hall–Kier alpha value is -2.93. The molecule has 0 saturated heterocycles. The van der Waals surface area contributed by atoms with Crippen LogP contribution >= 0.6 is 11.3 Å². The number of hydrogen-bond acceptors (Lipinski definition) is 6. The van der Waals surface area contributed by atoms with Gasteiger partial charge in [0.25, 0.3) is 5.91 Å². The topological polar surface area (TPSA) is 69.1 Å². The van der Waals surface area contributed by atoms with E-state index in [2.05, 4.69) is 45.9 Å². The summed E-state index contributed by atoms with van der Waals surface area (Å²) in [7, 11) is 4.09. The Morgan fingerprint density at radius 1 is 1.12 bits per heavy atom. The van der Waals surface area contributed by atoms with Gasteiger partial charge in [-0.15, -0.1) is 11.3 Å². The molecule has 7 heteroatoms. The highest BCUT2D eigenvalue weighted by atomic mass is 32.1. The van der Waals surface area contributed by atoms with Crippen LogP contribution in [0.15, 0.2) is 63.9 Å². The van der Waals surface area contributed by atoms with Crippen LogP contribution in [0, 0.1) is 11.8 Å². The first kappa shape index (κ1) is 21.9. The van der Waals surface area contributed by atoms with Gasteiger partial charge in [-0.3, -0.25) is 4.79 Å². The van der Waals surface area contributed by atoms with Gasteiger partial charge in [0.1, 0.15) is 5.84 Å². The maximum absolute atomic E-state index is 12.7. The van der Waals surface area contributed by atoms with Gasteiger partial charge < -0.3 is 15.5 Å². The second kappa shape index (κ2) is 9.51. The molecule has 3 aliphatic rings. The molecule has 1 aromatic carbocycles. The lowest BCUT2D eigenvalue weighted by molar-refractivity contribution is 0.0945. The molecule has 0 spiro atoms. The molecule has 2 heterocycles. The molecule has 0 radical (unpaired) electrons. The van der Waals surface area contributed by atoms with Crippen LogP contribution in [0.4, 0.5) is 0 Å². The number of aliphatic imine (C=N–C) groups is 2. The van der Waals surface area contributed by atoms with Gasteiger partial charge in [-0.25, -0.2) is 4.99 Å². The fourth-order valence-electron chi connectivity index (χ4n) is 4.96. The van der Waals surface area contributed by atoms with Gasteiger partial charge in [0.2, 0.25) is 5.96 Å². The minimum absolute atomic E-state index is 0.0407. The average Bonchev–Trinajstić information content (AvgIpc) is 3.27. The first-order chi connectivity index (χ1) is 16.1. The van der Waals surface area contributed by atoms with Crippen molar-refractivity contribution in [2.24, 2.45) is 21.8 Å². The van der Waals surface area contributed by atoms with Crippen molar-refractivity contribution in [1.82, 2.24) is 15.5 Å². The Morgan fingerprint density at radius 3 is 2.73 bits per heavy atom. The number of nitrogens with zero attached hydrogens (tertiary/aromatic N) is 3. The van der Waals surface area contributed by atoms with Crippen LogP contribution in [0.2, 0.25) is 0 Å². The first-order valence-corrected chi connectivity index (χ1v) is 12.7. The van der Waals surface area contributed by atoms with E-state index in [1.165, 1.54) is 0 Å². The number of thiophene rings is 1. The molecule has 1 amide bonds. The molecule has 0 bridgehead atoms. The summed E-state index contributed by atoms with van der Waals surface area (Å²) < 4.78 is 1.16. The zero-order chi connectivity index (χ0) is 22.8. The molecule has 5 rings (SSSR count). The van der Waals surface area contributed by atoms with E-state index in [1.807, 2.05) is 37.7 Å². The van der Waals surface area contributed by atoms with Crippen molar-refractivity contribution < 1.29 is 4.79 Å². The largest absolute Gasteiger partial charge is 0.365 e. The molecule has 1 aliphatic heterocycles. The molecule has 6 nitrogen and oxygen atoms in total. The van der Waals surface area contributed by atoms with Crippen molar-refractivity contribution in [2.45, 2.75) is 37.8 Å². The smallest absolute Gasteiger partial charge is 0.252 e. The molecule has 1 aromatic heterocycles. The summed E-state index contributed by atoms with van der Waals surface area (Å²) >= 11 is 1.63. The van der Waals surface area contributed by atoms with Crippen molar-refractivity contribution >= 4 is 39.1 Å². The van der Waals surface area contributed by atoms with Crippen molar-refractivity contribution in [3.8, 4) is 0 Å². The number of carbonyl (C=O) groups excluding carboxylic acids is 1. The van der Waals surface area contributed by atoms with E-state index in [-0.39, 0.29) is 17.9 Å². The van der Waals surface area contributed by atoms with Crippen molar-refractivity contribution in [3.63, 3.8) is 0 Å². The predicted octanol–water partition coefficient (Wildman–Crippen LogP) is 4.22. The summed E-state index contributed by atoms with van der Waals surface area (Å²) in [6, 6.07) is 8.59. The van der Waals surface area contributed by atoms with Crippen molar-refractivity contribution in [1.29, 1.82) is 0 Å². The maximum atomic E-state index is 12.7. The Bertz CT molecular complexity index is 1140. The molecule has 1 saturated carbocycles. The highest BCUT2D eigenvalue weighted by Crippen LogP contribution is 2.28. The van der Waals surface area contributed by atoms with Crippen LogP contribution < -0.4 is 10.6 Å². The fourth-order valence-corrected chi connectivity index (χ4v) is 5.90. The molecule has 2 atom stereocenters. The minimum Gasteiger partial charge on any atom is -0.365 e. The van der Waals surface area contributed by atoms with E-state index < -0.39 is 0 Å². The third kappa shape index (κ3) is 4.74. The second-order valence-electron chi connectivity index (χ2n) is 9.32. The summed E-state index contributed by atoms with van der Waals surface area (Å²) in [6.07, 6.45) is 12.8. The SMILES string of the molecule is CN(C)C1=NC(N[C@H]2CC[C@@H](CNC(=O)c3csc4ccccc34)CC2)=NC2C=CC=CC12. The summed E-state index contributed by atoms with van der Waals surface area (Å²) in [5.41, 5.74) is 0.792. The van der Waals surface area contributed by atoms with Gasteiger partial charge in [-0.1, -0.05) is 42.5 Å². The molecule has 33 heavy (non-hydrogen) atoms. The number of rotatable bonds is 4. The minimum atomic E-state index is 0.0407. The van der Waals surface area contributed by atoms with Gasteiger partial charge in [0.15, 0.2) is 0 Å². The highest BCUT2D eigenvalue weighted by molar-refractivity contribution is 7.17. The zero-order valence-corrected chi connectivity index (χ0v) is 20.0. The van der Waals surface area contributed by atoms with Crippen LogP contribution in [0.1, 0.15) is 36.0 Å². The van der Waals surface area contributed by atoms with Gasteiger partial charge in [-0.05, 0) is 37.7 Å². The molecule has 2 unspecified atom stereocenters. The number of allylic oxidation sites excluding steroid dienone is 2. The molecule has 172 valence electrons. The van der Waals surface area contributed by atoms with Crippen LogP contribution in [0.25, 0.3) is 10.1 Å². The van der Waals surface area contributed by atoms with Crippen molar-refractivity contribution in [2.75, 3.05) is 20.6 Å². The maximum Gasteiger partial charge on any atom is 0.252 e. The highest BCUT2D eigenvalue weighted by Gasteiger charge is 2.30. The Kier molecular flexibility index (Phi) is 6.31. The number of nitrogens with one attached hydrogen (secondary N) is 2. The van der Waals surface area contributed by atoms with E-state index in [4.69, 9.17) is 9.98 Å². The fraction of sp³-hybridized carbons (Fsp3) is 0.423. The second-order valence-corrected chi connectivity index (χ2v) is 10.2. The van der Waals surface area contributed by atoms with Crippen LogP contribution in [-0.2, 0) is 0 Å². The third-order valence-electron chi connectivity index (χ3n) is 6.81. The number of hydrogen-bond donors (Lipinski definition) is 2. The van der Waals surface area contributed by atoms with E-state index in [9.17, 15) is 4.79 Å². The van der Waals surface area contributed by atoms with Gasteiger partial charge in [-0.2, -0.15) is 4.99 Å². The van der Waals surface area contributed by atoms with E-state index >= 15 is 0 Å². The molecule has 2 aromatic rings. The normalized spacial score (nSPS) is 26.4. The molecule has 2 aliphatic carbocycles. The Labute approximate surface area is 199 Å². The first-order valence-electron chi connectivity index (χ1n) is 11.8. The number of amides is 1. The zero-order valence-electron chi connectivity index (χ0n) is 19.2. The number of carbonyl (C=O) groups is 1. The van der Waals surface area contributed by atoms with Crippen LogP contribution in [-0.4, -0.2) is 55.3 Å². The summed E-state index contributed by atoms with van der Waals surface area (Å²) in [5, 5.41) is 9.78. The lowest BCUT2D eigenvalue weighted by Gasteiger charge is -2.33. The summed E-state index contributed by atoms with van der Waals surface area (Å²) in [6.45, 7) is 0.737. The lowest BCUT2D eigenvalue weighted by Crippen LogP contribution is -2.45. The lowest BCUT2D eigenvalue weighted by atomic mass is 9.86. The van der Waals surface area contributed by atoms with E-state index in [0.717, 1.165) is 59.7 Å². The van der Waals surface area contributed by atoms with E-state index in [1.54, 1.807) is 11.3 Å². The van der Waals surface area contributed by atoms with Gasteiger partial charge >= 0.3 is 0 Å². The number of benzene rings is 1. The molecule has 2 N–H and O–H groups in total.